The SMILES string of the molecule is COC(=O)c1ccc(CN2CCCN(C(=O)c3c(F)ccc(C)c3Cl)CC2)o1. The van der Waals surface area contributed by atoms with Gasteiger partial charge in [0.2, 0.25) is 5.76 Å². The molecule has 1 saturated heterocycles. The molecule has 1 aromatic carbocycles. The normalized spacial score (nSPS) is 15.4. The van der Waals surface area contributed by atoms with Crippen molar-refractivity contribution in [1.82, 2.24) is 9.80 Å². The quantitative estimate of drug-likeness (QED) is 0.724. The molecule has 1 aliphatic rings. The number of amides is 1. The Morgan fingerprint density at radius 3 is 2.71 bits per heavy atom. The van der Waals surface area contributed by atoms with Crippen molar-refractivity contribution >= 4 is 23.5 Å². The van der Waals surface area contributed by atoms with Crippen LogP contribution in [0.5, 0.6) is 0 Å². The summed E-state index contributed by atoms with van der Waals surface area (Å²) in [6.07, 6.45) is 0.737. The first-order valence-corrected chi connectivity index (χ1v) is 9.41. The summed E-state index contributed by atoms with van der Waals surface area (Å²) in [5.41, 5.74) is 0.603. The fourth-order valence-corrected chi connectivity index (χ4v) is 3.47. The van der Waals surface area contributed by atoms with E-state index in [0.717, 1.165) is 13.0 Å². The highest BCUT2D eigenvalue weighted by Gasteiger charge is 2.25. The van der Waals surface area contributed by atoms with Gasteiger partial charge in [0.05, 0.1) is 24.2 Å². The number of benzene rings is 1. The standard InChI is InChI=1S/C20H22ClFN2O4/c1-13-4-6-15(22)17(18(13)21)19(25)24-9-3-8-23(10-11-24)12-14-5-7-16(28-14)20(26)27-2/h4-7H,3,8-12H2,1-2H3. The molecule has 0 unspecified atom stereocenters. The Morgan fingerprint density at radius 2 is 1.96 bits per heavy atom. The maximum atomic E-state index is 14.2. The average molecular weight is 409 g/mol. The molecule has 0 N–H and O–H groups in total. The van der Waals surface area contributed by atoms with E-state index in [-0.39, 0.29) is 22.3 Å². The van der Waals surface area contributed by atoms with Crippen LogP contribution < -0.4 is 0 Å². The van der Waals surface area contributed by atoms with E-state index in [1.807, 2.05) is 0 Å². The number of hydrogen-bond acceptors (Lipinski definition) is 5. The highest BCUT2D eigenvalue weighted by Crippen LogP contribution is 2.25. The first-order valence-electron chi connectivity index (χ1n) is 9.04. The average Bonchev–Trinajstić information content (AvgIpc) is 3.02. The first kappa shape index (κ1) is 20.4. The van der Waals surface area contributed by atoms with Crippen LogP contribution in [0.4, 0.5) is 4.39 Å². The minimum atomic E-state index is -0.604. The summed E-state index contributed by atoms with van der Waals surface area (Å²) < 4.78 is 24.3. The Hall–Kier alpha value is -2.38. The molecule has 0 radical (unpaired) electrons. The number of hydrogen-bond donors (Lipinski definition) is 0. The predicted octanol–water partition coefficient (Wildman–Crippen LogP) is 3.52. The summed E-state index contributed by atoms with van der Waals surface area (Å²) in [5.74, 6) is -0.704. The molecular formula is C20H22ClFN2O4. The molecule has 6 nitrogen and oxygen atoms in total. The second kappa shape index (κ2) is 8.75. The molecule has 1 fully saturated rings. The number of halogens is 2. The second-order valence-corrected chi connectivity index (χ2v) is 7.11. The zero-order chi connectivity index (χ0) is 20.3. The van der Waals surface area contributed by atoms with Gasteiger partial charge in [-0.2, -0.15) is 0 Å². The molecule has 2 heterocycles. The lowest BCUT2D eigenvalue weighted by molar-refractivity contribution is 0.0560. The van der Waals surface area contributed by atoms with Crippen molar-refractivity contribution < 1.29 is 23.1 Å². The second-order valence-electron chi connectivity index (χ2n) is 6.73. The van der Waals surface area contributed by atoms with Gasteiger partial charge in [-0.3, -0.25) is 9.69 Å². The van der Waals surface area contributed by atoms with Crippen LogP contribution in [0.1, 0.15) is 38.7 Å². The van der Waals surface area contributed by atoms with Gasteiger partial charge in [0.1, 0.15) is 11.6 Å². The molecule has 1 aliphatic heterocycles. The minimum Gasteiger partial charge on any atom is -0.463 e. The van der Waals surface area contributed by atoms with Crippen LogP contribution in [0.2, 0.25) is 5.02 Å². The van der Waals surface area contributed by atoms with Gasteiger partial charge in [-0.25, -0.2) is 9.18 Å². The maximum absolute atomic E-state index is 14.2. The van der Waals surface area contributed by atoms with Gasteiger partial charge in [-0.15, -0.1) is 0 Å². The lowest BCUT2D eigenvalue weighted by Gasteiger charge is -2.22. The Balaban J connectivity index is 1.65. The molecule has 0 bridgehead atoms. The molecule has 28 heavy (non-hydrogen) atoms. The number of carbonyl (C=O) groups excluding carboxylic acids is 2. The minimum absolute atomic E-state index is 0.0659. The highest BCUT2D eigenvalue weighted by atomic mass is 35.5. The van der Waals surface area contributed by atoms with Crippen LogP contribution in [0.25, 0.3) is 0 Å². The van der Waals surface area contributed by atoms with Crippen LogP contribution in [0.15, 0.2) is 28.7 Å². The van der Waals surface area contributed by atoms with Gasteiger partial charge >= 0.3 is 5.97 Å². The smallest absolute Gasteiger partial charge is 0.373 e. The van der Waals surface area contributed by atoms with Crippen LogP contribution >= 0.6 is 11.6 Å². The number of furan rings is 1. The summed E-state index contributed by atoms with van der Waals surface area (Å²) in [6, 6.07) is 6.15. The molecule has 1 amide bonds. The number of nitrogens with zero attached hydrogens (tertiary/aromatic N) is 2. The zero-order valence-electron chi connectivity index (χ0n) is 15.8. The highest BCUT2D eigenvalue weighted by molar-refractivity contribution is 6.34. The summed E-state index contributed by atoms with van der Waals surface area (Å²) in [7, 11) is 1.30. The summed E-state index contributed by atoms with van der Waals surface area (Å²) in [5, 5.41) is 0.164. The molecular weight excluding hydrogens is 387 g/mol. The van der Waals surface area contributed by atoms with Gasteiger partial charge in [0.25, 0.3) is 5.91 Å². The van der Waals surface area contributed by atoms with Crippen LogP contribution in [0.3, 0.4) is 0 Å². The number of ether oxygens (including phenoxy) is 1. The molecule has 0 spiro atoms. The van der Waals surface area contributed by atoms with Crippen molar-refractivity contribution in [2.45, 2.75) is 19.9 Å². The van der Waals surface area contributed by atoms with Crippen LogP contribution in [-0.2, 0) is 11.3 Å². The van der Waals surface area contributed by atoms with E-state index in [1.54, 1.807) is 30.0 Å². The number of esters is 1. The topological polar surface area (TPSA) is 63.0 Å². The Bertz CT molecular complexity index is 883. The largest absolute Gasteiger partial charge is 0.463 e. The van der Waals surface area contributed by atoms with E-state index in [9.17, 15) is 14.0 Å². The Labute approximate surface area is 167 Å². The molecule has 150 valence electrons. The number of carbonyl (C=O) groups is 2. The van der Waals surface area contributed by atoms with E-state index in [2.05, 4.69) is 9.64 Å². The molecule has 0 aliphatic carbocycles. The summed E-state index contributed by atoms with van der Waals surface area (Å²) >= 11 is 6.18. The molecule has 0 atom stereocenters. The molecule has 0 saturated carbocycles. The molecule has 2 aromatic rings. The van der Waals surface area contributed by atoms with Gasteiger partial charge in [-0.1, -0.05) is 17.7 Å². The van der Waals surface area contributed by atoms with Crippen LogP contribution in [0, 0.1) is 12.7 Å². The third kappa shape index (κ3) is 4.36. The van der Waals surface area contributed by atoms with Crippen molar-refractivity contribution in [2.75, 3.05) is 33.3 Å². The number of aryl methyl sites for hydroxylation is 1. The van der Waals surface area contributed by atoms with Gasteiger partial charge < -0.3 is 14.1 Å². The molecule has 1 aromatic heterocycles. The van der Waals surface area contributed by atoms with Crippen molar-refractivity contribution in [3.8, 4) is 0 Å². The van der Waals surface area contributed by atoms with E-state index in [4.69, 9.17) is 16.0 Å². The fraction of sp³-hybridized carbons (Fsp3) is 0.400. The van der Waals surface area contributed by atoms with Crippen LogP contribution in [-0.4, -0.2) is 55.0 Å². The third-order valence-electron chi connectivity index (χ3n) is 4.80. The van der Waals surface area contributed by atoms with Crippen molar-refractivity contribution in [2.24, 2.45) is 0 Å². The van der Waals surface area contributed by atoms with Gasteiger partial charge in [-0.05, 0) is 37.1 Å². The van der Waals surface area contributed by atoms with Gasteiger partial charge in [0, 0.05) is 26.2 Å². The lowest BCUT2D eigenvalue weighted by Crippen LogP contribution is -2.35. The molecule has 8 heteroatoms. The summed E-state index contributed by atoms with van der Waals surface area (Å²) in [4.78, 5) is 28.1. The number of methoxy groups -OCH3 is 1. The third-order valence-corrected chi connectivity index (χ3v) is 5.29. The summed E-state index contributed by atoms with van der Waals surface area (Å²) in [6.45, 7) is 4.58. The fourth-order valence-electron chi connectivity index (χ4n) is 3.24. The predicted molar refractivity (Wildman–Crippen MR) is 102 cm³/mol. The Morgan fingerprint density at radius 1 is 1.18 bits per heavy atom. The van der Waals surface area contributed by atoms with E-state index in [0.29, 0.717) is 37.5 Å². The van der Waals surface area contributed by atoms with Gasteiger partial charge in [0.15, 0.2) is 0 Å². The van der Waals surface area contributed by atoms with Crippen molar-refractivity contribution in [1.29, 1.82) is 0 Å². The maximum Gasteiger partial charge on any atom is 0.373 e. The van der Waals surface area contributed by atoms with E-state index < -0.39 is 11.8 Å². The van der Waals surface area contributed by atoms with Crippen molar-refractivity contribution in [3.05, 3.63) is 57.8 Å². The number of rotatable bonds is 4. The monoisotopic (exact) mass is 408 g/mol. The zero-order valence-corrected chi connectivity index (χ0v) is 16.6. The first-order chi connectivity index (χ1) is 13.4. The molecule has 3 rings (SSSR count). The van der Waals surface area contributed by atoms with E-state index in [1.165, 1.54) is 13.2 Å². The Kier molecular flexibility index (Phi) is 6.36. The van der Waals surface area contributed by atoms with Crippen molar-refractivity contribution in [3.63, 3.8) is 0 Å². The lowest BCUT2D eigenvalue weighted by atomic mass is 10.1. The van der Waals surface area contributed by atoms with E-state index >= 15 is 0 Å².